The lowest BCUT2D eigenvalue weighted by Crippen LogP contribution is -2.07. The lowest BCUT2D eigenvalue weighted by molar-refractivity contribution is 0.276. The van der Waals surface area contributed by atoms with E-state index in [2.05, 4.69) is 0 Å². The van der Waals surface area contributed by atoms with Crippen LogP contribution in [-0.4, -0.2) is 47.8 Å². The van der Waals surface area contributed by atoms with Crippen molar-refractivity contribution in [1.29, 1.82) is 0 Å². The van der Waals surface area contributed by atoms with Gasteiger partial charge in [-0.3, -0.25) is 0 Å². The predicted octanol–water partition coefficient (Wildman–Crippen LogP) is -4.10. The van der Waals surface area contributed by atoms with Gasteiger partial charge in [0.25, 0.3) is 0 Å². The van der Waals surface area contributed by atoms with Gasteiger partial charge in [-0.05, 0) is 0 Å². The maximum atomic E-state index is 7.27. The lowest BCUT2D eigenvalue weighted by atomic mass is 15.8. The fourth-order valence-electron chi connectivity index (χ4n) is 0. The summed E-state index contributed by atoms with van der Waals surface area (Å²) >= 11 is 0. The maximum absolute atomic E-state index is 7.27. The average molecular weight is 158 g/mol. The van der Waals surface area contributed by atoms with Gasteiger partial charge in [-0.1, -0.05) is 0 Å². The second-order valence-electron chi connectivity index (χ2n) is 0.600. The minimum Gasteiger partial charge on any atom is -0.388 e. The first kappa shape index (κ1) is 11.1. The van der Waals surface area contributed by atoms with Gasteiger partial charge in [-0.2, -0.15) is 0 Å². The lowest BCUT2D eigenvalue weighted by Gasteiger charge is -1.71. The highest BCUT2D eigenvalue weighted by Gasteiger charge is 1.89. The Bertz CT molecular complexity index is 22.0. The maximum Gasteiger partial charge on any atom is 0.569 e. The molecule has 0 saturated carbocycles. The van der Waals surface area contributed by atoms with Gasteiger partial charge in [-0.15, -0.1) is 0 Å². The Labute approximate surface area is 48.8 Å². The molecule has 0 aliphatic heterocycles. The van der Waals surface area contributed by atoms with E-state index in [0.717, 1.165) is 0 Å². The van der Waals surface area contributed by atoms with E-state index in [1.165, 1.54) is 0 Å². The summed E-state index contributed by atoms with van der Waals surface area (Å²) in [5.74, 6) is 0. The number of hydrogen-bond donors (Lipinski definition) is 6. The predicted molar refractivity (Wildman–Crippen MR) is 24.8 cm³/mol. The molecule has 0 saturated heterocycles. The Morgan fingerprint density at radius 2 is 0.500 bits per heavy atom. The minimum absolute atomic E-state index is 2.88. The van der Waals surface area contributed by atoms with Crippen LogP contribution < -0.4 is 0 Å². The van der Waals surface area contributed by atoms with Crippen molar-refractivity contribution in [2.45, 2.75) is 0 Å². The molecular weight excluding hydrogens is 152 g/mol. The molecule has 0 aliphatic rings. The molecule has 0 aromatic rings. The molecule has 6 N–H and O–H groups in total. The van der Waals surface area contributed by atoms with E-state index >= 15 is 0 Å². The van der Waals surface area contributed by atoms with Gasteiger partial charge in [0, 0.05) is 0 Å². The van der Waals surface area contributed by atoms with Crippen LogP contribution in [0.4, 0.5) is 0 Å². The topological polar surface area (TPSA) is 121 Å². The number of hydrogen-bond acceptors (Lipinski definition) is 6. The highest BCUT2D eigenvalue weighted by atomic mass is 28.3. The van der Waals surface area contributed by atoms with Gasteiger partial charge in [0.15, 0.2) is 0 Å². The third-order valence-corrected chi connectivity index (χ3v) is 0. The van der Waals surface area contributed by atoms with Gasteiger partial charge in [0.05, 0.1) is 0 Å². The molecule has 0 aromatic carbocycles. The smallest absolute Gasteiger partial charge is 0.388 e. The van der Waals surface area contributed by atoms with E-state index in [1.807, 2.05) is 0 Å². The van der Waals surface area contributed by atoms with Crippen LogP contribution in [0.3, 0.4) is 0 Å². The minimum atomic E-state index is -2.88. The van der Waals surface area contributed by atoms with Crippen LogP contribution in [-0.2, 0) is 0 Å². The summed E-state index contributed by atoms with van der Waals surface area (Å²) < 4.78 is 0. The quantitative estimate of drug-likeness (QED) is 0.199. The summed E-state index contributed by atoms with van der Waals surface area (Å²) in [6.07, 6.45) is 0. The summed E-state index contributed by atoms with van der Waals surface area (Å²) in [7, 11) is -5.76. The Hall–Kier alpha value is 0.194. The van der Waals surface area contributed by atoms with Crippen molar-refractivity contribution >= 4 is 19.1 Å². The van der Waals surface area contributed by atoms with Crippen molar-refractivity contribution in [3.8, 4) is 0 Å². The van der Waals surface area contributed by atoms with Crippen molar-refractivity contribution in [2.24, 2.45) is 0 Å². The van der Waals surface area contributed by atoms with Gasteiger partial charge >= 0.3 is 19.1 Å². The first-order valence-electron chi connectivity index (χ1n) is 1.34. The molecule has 0 aromatic heterocycles. The van der Waals surface area contributed by atoms with Crippen LogP contribution in [0.2, 0.25) is 0 Å². The Balaban J connectivity index is 0. The molecular formula is H6O6Si2. The van der Waals surface area contributed by atoms with Gasteiger partial charge < -0.3 is 28.8 Å². The normalized spacial score (nSPS) is 9.00. The Morgan fingerprint density at radius 1 is 0.500 bits per heavy atom. The van der Waals surface area contributed by atoms with Crippen molar-refractivity contribution in [2.75, 3.05) is 0 Å². The van der Waals surface area contributed by atoms with Crippen LogP contribution >= 0.6 is 0 Å². The molecule has 0 spiro atoms. The SMILES string of the molecule is O[Si](O)O.O[Si](O)O. The molecule has 0 atom stereocenters. The first-order valence-corrected chi connectivity index (χ1v) is 4.02. The van der Waals surface area contributed by atoms with E-state index in [9.17, 15) is 0 Å². The highest BCUT2D eigenvalue weighted by Crippen LogP contribution is 1.40. The third kappa shape index (κ3) is 4450. The summed E-state index contributed by atoms with van der Waals surface area (Å²) in [6.45, 7) is 0. The molecule has 0 aliphatic carbocycles. The zero-order valence-electron chi connectivity index (χ0n) is 3.68. The molecule has 6 nitrogen and oxygen atoms in total. The Kier molecular flexibility index (Phi) is 9.94. The van der Waals surface area contributed by atoms with Crippen LogP contribution in [0.5, 0.6) is 0 Å². The molecule has 0 rings (SSSR count). The standard InChI is InChI=1S/2H3O3Si/c2*1-4(2)3/h2*1-3H. The van der Waals surface area contributed by atoms with Crippen molar-refractivity contribution in [1.82, 2.24) is 0 Å². The van der Waals surface area contributed by atoms with Crippen LogP contribution in [0.25, 0.3) is 0 Å². The molecule has 0 fully saturated rings. The molecule has 8 heteroatoms. The van der Waals surface area contributed by atoms with Gasteiger partial charge in [0.2, 0.25) is 0 Å². The van der Waals surface area contributed by atoms with E-state index in [1.54, 1.807) is 0 Å². The average Bonchev–Trinajstić information content (AvgIpc) is 1.25. The number of rotatable bonds is 0. The molecule has 0 bridgehead atoms. The zero-order chi connectivity index (χ0) is 7.15. The van der Waals surface area contributed by atoms with Crippen molar-refractivity contribution in [3.63, 3.8) is 0 Å². The summed E-state index contributed by atoms with van der Waals surface area (Å²) in [4.78, 5) is 43.6. The largest absolute Gasteiger partial charge is 0.569 e. The Morgan fingerprint density at radius 3 is 0.500 bits per heavy atom. The van der Waals surface area contributed by atoms with E-state index in [0.29, 0.717) is 0 Å². The second kappa shape index (κ2) is 7.19. The molecule has 0 heterocycles. The van der Waals surface area contributed by atoms with Crippen molar-refractivity contribution < 1.29 is 28.8 Å². The third-order valence-electron chi connectivity index (χ3n) is 0. The molecule has 0 unspecified atom stereocenters. The van der Waals surface area contributed by atoms with Gasteiger partial charge in [0.1, 0.15) is 0 Å². The van der Waals surface area contributed by atoms with Crippen LogP contribution in [0, 0.1) is 0 Å². The molecule has 8 heavy (non-hydrogen) atoms. The van der Waals surface area contributed by atoms with E-state index in [4.69, 9.17) is 28.8 Å². The van der Waals surface area contributed by atoms with E-state index in [-0.39, 0.29) is 0 Å². The fourth-order valence-corrected chi connectivity index (χ4v) is 0. The monoisotopic (exact) mass is 158 g/mol. The molecule has 50 valence electrons. The summed E-state index contributed by atoms with van der Waals surface area (Å²) in [6, 6.07) is 0. The zero-order valence-corrected chi connectivity index (χ0v) is 5.68. The van der Waals surface area contributed by atoms with Crippen molar-refractivity contribution in [3.05, 3.63) is 0 Å². The van der Waals surface area contributed by atoms with Crippen LogP contribution in [0.1, 0.15) is 0 Å². The van der Waals surface area contributed by atoms with E-state index < -0.39 is 19.1 Å². The fraction of sp³-hybridized carbons (Fsp3) is 0. The molecule has 2 radical (unpaired) electrons. The second-order valence-corrected chi connectivity index (χ2v) is 1.80. The van der Waals surface area contributed by atoms with Gasteiger partial charge in [-0.25, -0.2) is 0 Å². The van der Waals surface area contributed by atoms with Crippen LogP contribution in [0.15, 0.2) is 0 Å². The molecule has 0 amide bonds. The first-order chi connectivity index (χ1) is 3.46. The summed E-state index contributed by atoms with van der Waals surface area (Å²) in [5, 5.41) is 0. The summed E-state index contributed by atoms with van der Waals surface area (Å²) in [5.41, 5.74) is 0. The highest BCUT2D eigenvalue weighted by molar-refractivity contribution is 6.30.